The predicted molar refractivity (Wildman–Crippen MR) is 257 cm³/mol. The number of rotatable bonds is 16. The van der Waals surface area contributed by atoms with Gasteiger partial charge in [0.05, 0.1) is 50.8 Å². The van der Waals surface area contributed by atoms with Crippen LogP contribution in [0.5, 0.6) is 17.2 Å². The van der Waals surface area contributed by atoms with Crippen LogP contribution in [-0.4, -0.2) is 123 Å². The Balaban J connectivity index is 0.00000156. The van der Waals surface area contributed by atoms with Gasteiger partial charge in [-0.05, 0) is 127 Å². The third-order valence-corrected chi connectivity index (χ3v) is 13.6. The van der Waals surface area contributed by atoms with Crippen LogP contribution in [0.2, 0.25) is 0 Å². The third-order valence-electron chi connectivity index (χ3n) is 10.2. The number of likely N-dealkylation sites (N-methyl/N-ethyl adjacent to an activating group) is 1. The van der Waals surface area contributed by atoms with Crippen LogP contribution in [-0.2, 0) is 40.5 Å². The van der Waals surface area contributed by atoms with E-state index in [1.54, 1.807) is 6.92 Å². The number of nitrogens with zero attached hydrogens (tertiary/aromatic N) is 5. The molecule has 7 aromatic rings. The zero-order valence-corrected chi connectivity index (χ0v) is 53.0. The van der Waals surface area contributed by atoms with Crippen LogP contribution in [0.4, 0.5) is 38.9 Å². The monoisotopic (exact) mass is 1170 g/mol. The van der Waals surface area contributed by atoms with E-state index in [1.807, 2.05) is 11.9 Å². The summed E-state index contributed by atoms with van der Waals surface area (Å²) in [7, 11) is -18.6. The van der Waals surface area contributed by atoms with E-state index in [2.05, 4.69) is 31.1 Å². The number of amides is 2. The maximum Gasteiger partial charge on any atom is 1.00 e. The summed E-state index contributed by atoms with van der Waals surface area (Å²) in [4.78, 5) is 11.7. The van der Waals surface area contributed by atoms with Gasteiger partial charge >= 0.3 is 124 Å². The summed E-state index contributed by atoms with van der Waals surface area (Å²) in [6.45, 7) is 3.17. The summed E-state index contributed by atoms with van der Waals surface area (Å²) >= 11 is 0. The molecule has 386 valence electrons. The van der Waals surface area contributed by atoms with Gasteiger partial charge in [-0.1, -0.05) is 12.1 Å². The van der Waals surface area contributed by atoms with E-state index < -0.39 is 89.0 Å². The van der Waals surface area contributed by atoms with Gasteiger partial charge in [0.25, 0.3) is 0 Å². The van der Waals surface area contributed by atoms with Crippen LogP contribution in [0, 0.1) is 0 Å². The zero-order chi connectivity index (χ0) is 53.6. The van der Waals surface area contributed by atoms with Gasteiger partial charge in [0, 0.05) is 35.2 Å². The van der Waals surface area contributed by atoms with Crippen molar-refractivity contribution >= 4 is 113 Å². The van der Waals surface area contributed by atoms with Gasteiger partial charge in [0.2, 0.25) is 0 Å². The number of anilines is 2. The van der Waals surface area contributed by atoms with Crippen molar-refractivity contribution in [3.63, 3.8) is 0 Å². The number of aromatic hydroxyl groups is 2. The first-order chi connectivity index (χ1) is 34.2. The van der Waals surface area contributed by atoms with Crippen molar-refractivity contribution in [1.82, 2.24) is 4.90 Å². The topological polar surface area (TPSA) is 413 Å². The Kier molecular flexibility index (Phi) is 26.7. The Morgan fingerprint density at radius 1 is 0.532 bits per heavy atom. The molecule has 0 spiro atoms. The zero-order valence-electron chi connectivity index (χ0n) is 41.7. The Morgan fingerprint density at radius 3 is 1.39 bits per heavy atom. The van der Waals surface area contributed by atoms with Crippen LogP contribution >= 0.6 is 0 Å². The standard InChI is InChI=1S/C39H30N6O16S4.C5H13NO2.4Na/c1-2-61-31-12-8-27(19-32(31)63(52,53)54)43-45-36-34(65(58,59)60)18-23-15-25(7-11-30(23)38(36)47)41-39(48)40-24-6-10-29-22(14-24)17-33(64(55,56)57)35(37(29)46)44-42-26-5-3-21-16-28(62(49,50)51)9-4-20(21)13-26;1-6(2-4-7)3-5-8;;;;/h3-19,46-47H,2H2,1H3,(H2,40,41,48)(H,49,50,51)(H,52,53,54)(H,55,56,57)(H,58,59,60);7-8H,2-5H2,1H3;;;;/q;;4*+1/p-4. The molecule has 0 aromatic heterocycles. The molecule has 0 heterocycles. The van der Waals surface area contributed by atoms with E-state index in [4.69, 9.17) is 14.9 Å². The number of hydrogen-bond donors (Lipinski definition) is 6. The van der Waals surface area contributed by atoms with Crippen molar-refractivity contribution in [1.29, 1.82) is 0 Å². The molecule has 0 fully saturated rings. The first-order valence-electron chi connectivity index (χ1n) is 20.8. The molecule has 0 aliphatic heterocycles. The number of nitrogens with one attached hydrogen (secondary N) is 2. The van der Waals surface area contributed by atoms with Gasteiger partial charge in [0.1, 0.15) is 57.6 Å². The van der Waals surface area contributed by atoms with Crippen LogP contribution in [0.3, 0.4) is 0 Å². The first kappa shape index (κ1) is 69.8. The van der Waals surface area contributed by atoms with E-state index in [-0.39, 0.29) is 188 Å². The van der Waals surface area contributed by atoms with Crippen molar-refractivity contribution in [3.8, 4) is 17.2 Å². The Bertz CT molecular complexity index is 3840. The molecular formula is C44H39N7Na4O18S4. The number of fused-ring (bicyclic) bond motifs is 3. The van der Waals surface area contributed by atoms with Crippen molar-refractivity contribution in [2.75, 3.05) is 50.6 Å². The molecule has 0 aliphatic rings. The Morgan fingerprint density at radius 2 is 0.961 bits per heavy atom. The molecule has 6 N–H and O–H groups in total. The second-order valence-corrected chi connectivity index (χ2v) is 20.7. The molecule has 2 amide bonds. The number of benzene rings is 7. The van der Waals surface area contributed by atoms with Gasteiger partial charge in [0.15, 0.2) is 11.5 Å². The second-order valence-electron chi connectivity index (χ2n) is 15.3. The summed E-state index contributed by atoms with van der Waals surface area (Å²) in [5.74, 6) is -1.87. The number of phenolic OH excluding ortho intramolecular Hbond substituents is 2. The summed E-state index contributed by atoms with van der Waals surface area (Å²) in [5, 5.41) is 59.5. The van der Waals surface area contributed by atoms with Gasteiger partial charge < -0.3 is 58.9 Å². The quantitative estimate of drug-likeness (QED) is 0.0298. The van der Waals surface area contributed by atoms with E-state index in [0.717, 1.165) is 36.4 Å². The fourth-order valence-corrected chi connectivity index (χ4v) is 9.29. The summed E-state index contributed by atoms with van der Waals surface area (Å²) < 4.78 is 149. The number of phenols is 2. The number of urea groups is 1. The average Bonchev–Trinajstić information content (AvgIpc) is 3.30. The molecule has 0 atom stereocenters. The van der Waals surface area contributed by atoms with E-state index in [1.165, 1.54) is 66.7 Å². The molecule has 0 unspecified atom stereocenters. The van der Waals surface area contributed by atoms with Crippen molar-refractivity contribution in [2.45, 2.75) is 26.5 Å². The van der Waals surface area contributed by atoms with Crippen molar-refractivity contribution in [2.24, 2.45) is 20.5 Å². The van der Waals surface area contributed by atoms with Crippen LogP contribution < -0.4 is 134 Å². The Labute approximate surface area is 529 Å². The van der Waals surface area contributed by atoms with Crippen molar-refractivity contribution < 1.29 is 200 Å². The predicted octanol–water partition coefficient (Wildman–Crippen LogP) is -6.03. The van der Waals surface area contributed by atoms with Crippen molar-refractivity contribution in [3.05, 3.63) is 103 Å². The smallest absolute Gasteiger partial charge is 0.744 e. The summed E-state index contributed by atoms with van der Waals surface area (Å²) in [6.07, 6.45) is 0. The van der Waals surface area contributed by atoms with Crippen LogP contribution in [0.15, 0.2) is 143 Å². The maximum atomic E-state index is 13.1. The average molecular weight is 1170 g/mol. The third kappa shape index (κ3) is 18.4. The largest absolute Gasteiger partial charge is 1.00 e. The molecule has 0 bridgehead atoms. The molecule has 7 aromatic carbocycles. The minimum absolute atomic E-state index is 0. The van der Waals surface area contributed by atoms with E-state index >= 15 is 0 Å². The molecule has 33 heteroatoms. The minimum Gasteiger partial charge on any atom is -0.744 e. The molecular weight excluding hydrogens is 1130 g/mol. The fraction of sp³-hybridized carbons (Fsp3) is 0.159. The molecule has 0 radical (unpaired) electrons. The SMILES string of the molecule is CCOc1ccc(N=Nc2c(S(=O)(=O)[O-])cc3cc(NC(=O)Nc4ccc5c(O)c(N=Nc6ccc7cc(S(=O)(=O)[O-])ccc7c6)c(S(=O)(=O)[O-])cc5c4)ccc3c2O)cc1S(=O)(=O)[O-].CN(CCO)CCO.[Na+].[Na+].[Na+].[Na+]. The molecule has 25 nitrogen and oxygen atoms in total. The molecule has 0 saturated carbocycles. The second kappa shape index (κ2) is 29.4. The molecule has 0 saturated heterocycles. The van der Waals surface area contributed by atoms with Gasteiger partial charge in [-0.2, -0.15) is 10.2 Å². The van der Waals surface area contributed by atoms with E-state index in [0.29, 0.717) is 23.9 Å². The number of azo groups is 2. The number of carbonyl (C=O) groups excluding carboxylic acids is 1. The number of ether oxygens (including phenoxy) is 1. The number of aliphatic hydroxyl groups excluding tert-OH is 2. The first-order valence-corrected chi connectivity index (χ1v) is 26.4. The minimum atomic E-state index is -5.38. The number of hydrogen-bond acceptors (Lipinski definition) is 23. The normalized spacial score (nSPS) is 11.8. The Hall–Kier alpha value is -3.29. The van der Waals surface area contributed by atoms with Gasteiger partial charge in [-0.25, -0.2) is 38.5 Å². The summed E-state index contributed by atoms with van der Waals surface area (Å²) in [6, 6.07) is 19.2. The van der Waals surface area contributed by atoms with E-state index in [9.17, 15) is 66.9 Å². The van der Waals surface area contributed by atoms with Gasteiger partial charge in [-0.15, -0.1) is 10.2 Å². The van der Waals surface area contributed by atoms with Crippen LogP contribution in [0.1, 0.15) is 6.92 Å². The molecule has 7 rings (SSSR count). The van der Waals surface area contributed by atoms with Gasteiger partial charge in [-0.3, -0.25) is 0 Å². The van der Waals surface area contributed by atoms with Crippen LogP contribution in [0.25, 0.3) is 32.3 Å². The fourth-order valence-electron chi connectivity index (χ4n) is 6.85. The molecule has 77 heavy (non-hydrogen) atoms. The molecule has 0 aliphatic carbocycles. The maximum absolute atomic E-state index is 13.1. The number of carbonyl (C=O) groups is 1. The number of aliphatic hydroxyl groups is 2. The summed E-state index contributed by atoms with van der Waals surface area (Å²) in [5.41, 5.74) is -1.69.